The van der Waals surface area contributed by atoms with Crippen LogP contribution in [0.1, 0.15) is 0 Å². The summed E-state index contributed by atoms with van der Waals surface area (Å²) in [6.07, 6.45) is 1.06. The fourth-order valence-corrected chi connectivity index (χ4v) is 0.140. The Balaban J connectivity index is -0.000000126. The minimum absolute atomic E-state index is 0. The number of aliphatic hydroxyl groups excluding tert-OH is 1. The lowest BCUT2D eigenvalue weighted by atomic mass is 10.8. The van der Waals surface area contributed by atoms with Gasteiger partial charge in [-0.25, -0.2) is 0 Å². The highest BCUT2D eigenvalue weighted by molar-refractivity contribution is 5.37. The van der Waals surface area contributed by atoms with Gasteiger partial charge in [-0.2, -0.15) is 0 Å². The van der Waals surface area contributed by atoms with E-state index < -0.39 is 0 Å². The summed E-state index contributed by atoms with van der Waals surface area (Å²) < 4.78 is 7.97. The molecule has 0 unspecified atom stereocenters. The zero-order valence-corrected chi connectivity index (χ0v) is 6.43. The quantitative estimate of drug-likeness (QED) is 0.319. The minimum atomic E-state index is -0.0985. The lowest BCUT2D eigenvalue weighted by molar-refractivity contribution is -0.129. The van der Waals surface area contributed by atoms with Crippen LogP contribution in [-0.4, -0.2) is 36.7 Å². The Morgan fingerprint density at radius 1 is 1.33 bits per heavy atom. The highest BCUT2D eigenvalue weighted by Crippen LogP contribution is 1.58. The Kier molecular flexibility index (Phi) is 31.9. The number of hydrogen-bond acceptors (Lipinski definition) is 5. The van der Waals surface area contributed by atoms with Crippen LogP contribution in [0.25, 0.3) is 0 Å². The van der Waals surface area contributed by atoms with E-state index in [2.05, 4.69) is 16.1 Å². The van der Waals surface area contributed by atoms with Crippen LogP contribution in [0.4, 0.5) is 0 Å². The molecule has 0 atom stereocenters. The first kappa shape index (κ1) is 16.9. The van der Waals surface area contributed by atoms with Gasteiger partial charge in [0.15, 0.2) is 0 Å². The molecule has 0 aliphatic carbocycles. The Hall–Kier alpha value is -1.40. The Bertz CT molecular complexity index is 96.2. The van der Waals surface area contributed by atoms with Gasteiger partial charge in [-0.05, 0) is 0 Å². The summed E-state index contributed by atoms with van der Waals surface area (Å²) >= 11 is 0. The number of carbonyl (C=O) groups is 2. The molecule has 0 aromatic carbocycles. The third-order valence-electron chi connectivity index (χ3n) is 0.429. The second-order valence-corrected chi connectivity index (χ2v) is 1.09. The molecule has 72 valence electrons. The third-order valence-corrected chi connectivity index (χ3v) is 0.429. The van der Waals surface area contributed by atoms with Crippen LogP contribution in [0, 0.1) is 0 Å². The van der Waals surface area contributed by atoms with Crippen molar-refractivity contribution in [3.8, 4) is 0 Å². The summed E-state index contributed by atoms with van der Waals surface area (Å²) in [6.45, 7) is 3.71. The van der Waals surface area contributed by atoms with Gasteiger partial charge in [0, 0.05) is 0 Å². The molecular weight excluding hydrogens is 168 g/mol. The van der Waals surface area contributed by atoms with E-state index in [-0.39, 0.29) is 18.7 Å². The van der Waals surface area contributed by atoms with Gasteiger partial charge in [-0.15, -0.1) is 0 Å². The summed E-state index contributed by atoms with van der Waals surface area (Å²) in [5.41, 5.74) is 0. The minimum Gasteiger partial charge on any atom is -0.465 e. The smallest absolute Gasteiger partial charge is 0.297 e. The fraction of sp³-hybridized carbons (Fsp3) is 0.333. The first-order valence-corrected chi connectivity index (χ1v) is 2.69. The molecule has 0 spiro atoms. The van der Waals surface area contributed by atoms with Crippen LogP contribution in [0.5, 0.6) is 0 Å². The van der Waals surface area contributed by atoms with Gasteiger partial charge in [-0.3, -0.25) is 9.59 Å². The maximum atomic E-state index is 9.23. The van der Waals surface area contributed by atoms with Crippen molar-refractivity contribution in [1.82, 2.24) is 0 Å². The van der Waals surface area contributed by atoms with Crippen LogP contribution in [0.15, 0.2) is 12.8 Å². The van der Waals surface area contributed by atoms with Crippen molar-refractivity contribution >= 4 is 12.9 Å². The molecule has 6 nitrogen and oxygen atoms in total. The monoisotopic (exact) mass is 180 g/mol. The second kappa shape index (κ2) is 22.6. The average Bonchev–Trinajstić information content (AvgIpc) is 2.04. The van der Waals surface area contributed by atoms with Crippen LogP contribution in [0.3, 0.4) is 0 Å². The van der Waals surface area contributed by atoms with E-state index in [0.29, 0.717) is 12.9 Å². The maximum absolute atomic E-state index is 9.23. The molecule has 0 aromatic rings. The van der Waals surface area contributed by atoms with Gasteiger partial charge < -0.3 is 20.1 Å². The predicted octanol–water partition coefficient (Wildman–Crippen LogP) is -1.37. The SMILES string of the molecule is C=COC=O.O.O=COCCO. The molecule has 12 heavy (non-hydrogen) atoms. The van der Waals surface area contributed by atoms with Crippen LogP contribution < -0.4 is 0 Å². The topological polar surface area (TPSA) is 104 Å². The third kappa shape index (κ3) is 38.3. The molecule has 0 rings (SSSR count). The van der Waals surface area contributed by atoms with Crippen molar-refractivity contribution in [2.24, 2.45) is 0 Å². The Labute approximate surface area is 69.7 Å². The van der Waals surface area contributed by atoms with E-state index >= 15 is 0 Å². The van der Waals surface area contributed by atoms with E-state index in [0.717, 1.165) is 6.26 Å². The van der Waals surface area contributed by atoms with Gasteiger partial charge in [0.2, 0.25) is 0 Å². The molecule has 0 amide bonds. The molecule has 0 aliphatic rings. The van der Waals surface area contributed by atoms with Gasteiger partial charge >= 0.3 is 0 Å². The van der Waals surface area contributed by atoms with E-state index in [4.69, 9.17) is 9.90 Å². The predicted molar refractivity (Wildman–Crippen MR) is 40.1 cm³/mol. The van der Waals surface area contributed by atoms with E-state index in [1.54, 1.807) is 0 Å². The summed E-state index contributed by atoms with van der Waals surface area (Å²) in [5.74, 6) is 0. The largest absolute Gasteiger partial charge is 0.465 e. The average molecular weight is 180 g/mol. The number of hydrogen-bond donors (Lipinski definition) is 1. The number of ether oxygens (including phenoxy) is 2. The van der Waals surface area contributed by atoms with E-state index in [1.165, 1.54) is 0 Å². The van der Waals surface area contributed by atoms with Gasteiger partial charge in [-0.1, -0.05) is 6.58 Å². The van der Waals surface area contributed by atoms with E-state index in [9.17, 15) is 4.79 Å². The molecule has 3 N–H and O–H groups in total. The molecule has 0 saturated heterocycles. The summed E-state index contributed by atoms with van der Waals surface area (Å²) in [7, 11) is 0. The van der Waals surface area contributed by atoms with Crippen LogP contribution >= 0.6 is 0 Å². The molecule has 0 bridgehead atoms. The molecule has 0 aromatic heterocycles. The highest BCUT2D eigenvalue weighted by Gasteiger charge is 1.72. The highest BCUT2D eigenvalue weighted by atomic mass is 16.5. The summed E-state index contributed by atoms with van der Waals surface area (Å²) in [4.78, 5) is 18.3. The van der Waals surface area contributed by atoms with Crippen molar-refractivity contribution in [2.75, 3.05) is 13.2 Å². The molecule has 0 aliphatic heterocycles. The zero-order valence-electron chi connectivity index (χ0n) is 6.43. The summed E-state index contributed by atoms with van der Waals surface area (Å²) in [6, 6.07) is 0. The van der Waals surface area contributed by atoms with Gasteiger partial charge in [0.05, 0.1) is 12.9 Å². The molecule has 0 saturated carbocycles. The lowest BCUT2D eigenvalue weighted by Gasteiger charge is -1.86. The number of rotatable bonds is 5. The maximum Gasteiger partial charge on any atom is 0.297 e. The number of carbonyl (C=O) groups excluding carboxylic acids is 2. The second-order valence-electron chi connectivity index (χ2n) is 1.09. The van der Waals surface area contributed by atoms with Crippen molar-refractivity contribution in [1.29, 1.82) is 0 Å². The molecule has 6 heteroatoms. The first-order chi connectivity index (χ1) is 5.33. The normalized spacial score (nSPS) is 6.08. The van der Waals surface area contributed by atoms with Crippen LogP contribution in [0.2, 0.25) is 0 Å². The first-order valence-electron chi connectivity index (χ1n) is 2.69. The number of aliphatic hydroxyl groups is 1. The zero-order chi connectivity index (χ0) is 8.95. The summed E-state index contributed by atoms with van der Waals surface area (Å²) in [5, 5.41) is 7.91. The Morgan fingerprint density at radius 3 is 2.00 bits per heavy atom. The van der Waals surface area contributed by atoms with Crippen molar-refractivity contribution in [3.05, 3.63) is 12.8 Å². The molecular formula is C6H12O6. The lowest BCUT2D eigenvalue weighted by Crippen LogP contribution is -1.95. The van der Waals surface area contributed by atoms with Gasteiger partial charge in [0.1, 0.15) is 6.61 Å². The fourth-order valence-electron chi connectivity index (χ4n) is 0.140. The van der Waals surface area contributed by atoms with Crippen LogP contribution in [-0.2, 0) is 19.1 Å². The van der Waals surface area contributed by atoms with Crippen molar-refractivity contribution in [3.63, 3.8) is 0 Å². The molecule has 0 radical (unpaired) electrons. The Morgan fingerprint density at radius 2 is 1.92 bits per heavy atom. The standard InChI is InChI=1S/C3H6O3.C3H4O2.H2O/c4-1-2-6-3-5;1-2-5-3-4;/h3-4H,1-2H2;2-3H,1H2;1H2. The molecule has 0 heterocycles. The van der Waals surface area contributed by atoms with Gasteiger partial charge in [0.25, 0.3) is 12.9 Å². The van der Waals surface area contributed by atoms with Crippen molar-refractivity contribution < 1.29 is 29.6 Å². The molecule has 0 fully saturated rings. The van der Waals surface area contributed by atoms with E-state index in [1.807, 2.05) is 0 Å². The van der Waals surface area contributed by atoms with Crippen molar-refractivity contribution in [2.45, 2.75) is 0 Å².